The highest BCUT2D eigenvalue weighted by atomic mass is 15.2. The van der Waals surface area contributed by atoms with Crippen LogP contribution in [0, 0.1) is 11.3 Å². The van der Waals surface area contributed by atoms with Gasteiger partial charge in [0.15, 0.2) is 0 Å². The van der Waals surface area contributed by atoms with Crippen LogP contribution in [0.15, 0.2) is 0 Å². The molecular weight excluding hydrogens is 174 g/mol. The third kappa shape index (κ3) is 3.28. The lowest BCUT2D eigenvalue weighted by molar-refractivity contribution is 0.218. The predicted octanol–water partition coefficient (Wildman–Crippen LogP) is 1.36. The van der Waals surface area contributed by atoms with E-state index < -0.39 is 0 Å². The highest BCUT2D eigenvalue weighted by Crippen LogP contribution is 2.10. The molecule has 2 unspecified atom stereocenters. The van der Waals surface area contributed by atoms with Crippen molar-refractivity contribution in [2.75, 3.05) is 13.1 Å². The second kappa shape index (κ2) is 5.33. The van der Waals surface area contributed by atoms with Gasteiger partial charge in [0.05, 0.1) is 12.5 Å². The molecule has 0 amide bonds. The minimum Gasteiger partial charge on any atom is -0.309 e. The fourth-order valence-electron chi connectivity index (χ4n) is 1.97. The molecule has 0 saturated carbocycles. The molecule has 0 aromatic rings. The van der Waals surface area contributed by atoms with Gasteiger partial charge in [0.2, 0.25) is 0 Å². The average molecular weight is 195 g/mol. The van der Waals surface area contributed by atoms with Gasteiger partial charge in [-0.25, -0.2) is 0 Å². The smallest absolute Gasteiger partial charge is 0.0638 e. The first kappa shape index (κ1) is 11.5. The molecule has 1 rings (SSSR count). The Morgan fingerprint density at radius 2 is 2.29 bits per heavy atom. The van der Waals surface area contributed by atoms with E-state index in [1.165, 1.54) is 6.42 Å². The minimum atomic E-state index is 0.347. The van der Waals surface area contributed by atoms with Gasteiger partial charge in [-0.2, -0.15) is 5.26 Å². The van der Waals surface area contributed by atoms with Crippen LogP contribution in [0.1, 0.15) is 33.6 Å². The van der Waals surface area contributed by atoms with Crippen molar-refractivity contribution < 1.29 is 0 Å². The zero-order chi connectivity index (χ0) is 10.6. The van der Waals surface area contributed by atoms with E-state index in [1.54, 1.807) is 0 Å². The number of nitrogens with one attached hydrogen (secondary N) is 1. The molecule has 0 aromatic heterocycles. The molecule has 1 aliphatic rings. The van der Waals surface area contributed by atoms with Crippen molar-refractivity contribution in [3.63, 3.8) is 0 Å². The number of hydrogen-bond donors (Lipinski definition) is 1. The Kier molecular flexibility index (Phi) is 4.37. The van der Waals surface area contributed by atoms with Crippen molar-refractivity contribution in [1.29, 1.82) is 5.26 Å². The minimum absolute atomic E-state index is 0.347. The summed E-state index contributed by atoms with van der Waals surface area (Å²) in [5.41, 5.74) is 0. The Morgan fingerprint density at radius 1 is 1.57 bits per heavy atom. The summed E-state index contributed by atoms with van der Waals surface area (Å²) in [5.74, 6) is 0. The monoisotopic (exact) mass is 195 g/mol. The van der Waals surface area contributed by atoms with E-state index in [1.807, 2.05) is 0 Å². The SMILES string of the molecule is CC1CCN(C(C)C)CC(CC#N)N1. The Labute approximate surface area is 87.1 Å². The number of hydrogen-bond acceptors (Lipinski definition) is 3. The molecule has 2 atom stereocenters. The van der Waals surface area contributed by atoms with Gasteiger partial charge in [-0.05, 0) is 33.7 Å². The summed E-state index contributed by atoms with van der Waals surface area (Å²) >= 11 is 0. The third-order valence-electron chi connectivity index (χ3n) is 2.89. The van der Waals surface area contributed by atoms with Crippen LogP contribution in [0.25, 0.3) is 0 Å². The van der Waals surface area contributed by atoms with Crippen molar-refractivity contribution in [2.45, 2.75) is 51.7 Å². The molecule has 1 aliphatic heterocycles. The van der Waals surface area contributed by atoms with Crippen LogP contribution < -0.4 is 5.32 Å². The van der Waals surface area contributed by atoms with Crippen molar-refractivity contribution in [2.24, 2.45) is 0 Å². The Balaban J connectivity index is 2.55. The Morgan fingerprint density at radius 3 is 2.86 bits per heavy atom. The predicted molar refractivity (Wildman–Crippen MR) is 57.9 cm³/mol. The first-order valence-electron chi connectivity index (χ1n) is 5.50. The molecule has 0 aliphatic carbocycles. The van der Waals surface area contributed by atoms with Crippen molar-refractivity contribution in [1.82, 2.24) is 10.2 Å². The molecule has 1 fully saturated rings. The second-order valence-electron chi connectivity index (χ2n) is 4.50. The fourth-order valence-corrected chi connectivity index (χ4v) is 1.97. The van der Waals surface area contributed by atoms with Crippen LogP contribution in [0.5, 0.6) is 0 Å². The molecule has 3 heteroatoms. The zero-order valence-corrected chi connectivity index (χ0v) is 9.45. The lowest BCUT2D eigenvalue weighted by Crippen LogP contribution is -2.41. The standard InChI is InChI=1S/C11H21N3/c1-9(2)14-7-5-10(3)13-11(8-14)4-6-12/h9-11,13H,4-5,7-8H2,1-3H3. The summed E-state index contributed by atoms with van der Waals surface area (Å²) in [6, 6.07) is 3.73. The maximum Gasteiger partial charge on any atom is 0.0638 e. The topological polar surface area (TPSA) is 39.1 Å². The average Bonchev–Trinajstić information content (AvgIpc) is 2.28. The van der Waals surface area contributed by atoms with Gasteiger partial charge in [-0.15, -0.1) is 0 Å². The van der Waals surface area contributed by atoms with Crippen LogP contribution in [0.2, 0.25) is 0 Å². The molecule has 0 aromatic carbocycles. The van der Waals surface area contributed by atoms with E-state index in [0.717, 1.165) is 13.1 Å². The van der Waals surface area contributed by atoms with E-state index in [0.29, 0.717) is 24.5 Å². The first-order chi connectivity index (χ1) is 6.63. The summed E-state index contributed by atoms with van der Waals surface area (Å²) in [4.78, 5) is 2.46. The van der Waals surface area contributed by atoms with Gasteiger partial charge >= 0.3 is 0 Å². The summed E-state index contributed by atoms with van der Waals surface area (Å²) in [6.07, 6.45) is 1.80. The normalized spacial score (nSPS) is 29.9. The van der Waals surface area contributed by atoms with Gasteiger partial charge in [0, 0.05) is 24.7 Å². The zero-order valence-electron chi connectivity index (χ0n) is 9.45. The van der Waals surface area contributed by atoms with Crippen LogP contribution in [-0.4, -0.2) is 36.1 Å². The first-order valence-corrected chi connectivity index (χ1v) is 5.50. The molecule has 1 saturated heterocycles. The highest BCUT2D eigenvalue weighted by molar-refractivity contribution is 4.88. The lowest BCUT2D eigenvalue weighted by Gasteiger charge is -2.26. The van der Waals surface area contributed by atoms with E-state index in [4.69, 9.17) is 5.26 Å². The maximum atomic E-state index is 8.71. The summed E-state index contributed by atoms with van der Waals surface area (Å²) < 4.78 is 0. The van der Waals surface area contributed by atoms with E-state index in [-0.39, 0.29) is 0 Å². The highest BCUT2D eigenvalue weighted by Gasteiger charge is 2.22. The number of nitrogens with zero attached hydrogens (tertiary/aromatic N) is 2. The molecule has 80 valence electrons. The largest absolute Gasteiger partial charge is 0.309 e. The van der Waals surface area contributed by atoms with Crippen LogP contribution >= 0.6 is 0 Å². The lowest BCUT2D eigenvalue weighted by atomic mass is 10.2. The Bertz CT molecular complexity index is 207. The summed E-state index contributed by atoms with van der Waals surface area (Å²) in [6.45, 7) is 8.80. The molecule has 1 heterocycles. The molecule has 0 radical (unpaired) electrons. The van der Waals surface area contributed by atoms with Crippen LogP contribution in [0.4, 0.5) is 0 Å². The maximum absolute atomic E-state index is 8.71. The van der Waals surface area contributed by atoms with Gasteiger partial charge in [-0.1, -0.05) is 0 Å². The summed E-state index contributed by atoms with van der Waals surface area (Å²) in [5, 5.41) is 12.2. The van der Waals surface area contributed by atoms with Gasteiger partial charge in [0.25, 0.3) is 0 Å². The van der Waals surface area contributed by atoms with Crippen molar-refractivity contribution >= 4 is 0 Å². The van der Waals surface area contributed by atoms with Crippen LogP contribution in [-0.2, 0) is 0 Å². The van der Waals surface area contributed by atoms with Crippen molar-refractivity contribution in [3.8, 4) is 6.07 Å². The Hall–Kier alpha value is -0.590. The van der Waals surface area contributed by atoms with Gasteiger partial charge in [0.1, 0.15) is 0 Å². The quantitative estimate of drug-likeness (QED) is 0.723. The van der Waals surface area contributed by atoms with Crippen LogP contribution in [0.3, 0.4) is 0 Å². The second-order valence-corrected chi connectivity index (χ2v) is 4.50. The third-order valence-corrected chi connectivity index (χ3v) is 2.89. The number of nitriles is 1. The molecule has 3 nitrogen and oxygen atoms in total. The number of rotatable bonds is 2. The molecule has 0 bridgehead atoms. The van der Waals surface area contributed by atoms with Gasteiger partial charge in [-0.3, -0.25) is 4.90 Å². The molecule has 14 heavy (non-hydrogen) atoms. The van der Waals surface area contributed by atoms with E-state index in [2.05, 4.69) is 37.1 Å². The molecule has 0 spiro atoms. The molecule has 1 N–H and O–H groups in total. The van der Waals surface area contributed by atoms with Crippen molar-refractivity contribution in [3.05, 3.63) is 0 Å². The fraction of sp³-hybridized carbons (Fsp3) is 0.909. The van der Waals surface area contributed by atoms with E-state index >= 15 is 0 Å². The molecular formula is C11H21N3. The van der Waals surface area contributed by atoms with Gasteiger partial charge < -0.3 is 5.32 Å². The van der Waals surface area contributed by atoms with E-state index in [9.17, 15) is 0 Å². The summed E-state index contributed by atoms with van der Waals surface area (Å²) in [7, 11) is 0.